The van der Waals surface area contributed by atoms with Crippen LogP contribution in [0.15, 0.2) is 29.4 Å². The minimum absolute atomic E-state index is 0.119. The molecule has 0 heterocycles. The molecule has 1 fully saturated rings. The molecule has 104 valence electrons. The second kappa shape index (κ2) is 6.54. The molecule has 0 amide bonds. The summed E-state index contributed by atoms with van der Waals surface area (Å²) in [5, 5.41) is 24.7. The van der Waals surface area contributed by atoms with Gasteiger partial charge < -0.3 is 21.4 Å². The highest BCUT2D eigenvalue weighted by Crippen LogP contribution is 2.24. The van der Waals surface area contributed by atoms with E-state index in [1.54, 1.807) is 6.07 Å². The van der Waals surface area contributed by atoms with Gasteiger partial charge >= 0.3 is 0 Å². The third-order valence-electron chi connectivity index (χ3n) is 3.69. The summed E-state index contributed by atoms with van der Waals surface area (Å²) in [5.74, 6) is 0.486. The summed E-state index contributed by atoms with van der Waals surface area (Å²) in [5.41, 5.74) is 7.35. The monoisotopic (exact) mass is 263 g/mol. The maximum atomic E-state index is 9.73. The van der Waals surface area contributed by atoms with Gasteiger partial charge in [-0.25, -0.2) is 0 Å². The lowest BCUT2D eigenvalue weighted by Crippen LogP contribution is -2.27. The number of nitrogens with zero attached hydrogens (tertiary/aromatic N) is 1. The lowest BCUT2D eigenvalue weighted by molar-refractivity contribution is 0.131. The average molecular weight is 263 g/mol. The fourth-order valence-electron chi connectivity index (χ4n) is 2.56. The fraction of sp³-hybridized carbons (Fsp3) is 0.500. The van der Waals surface area contributed by atoms with Gasteiger partial charge in [0.2, 0.25) is 0 Å². The zero-order valence-electron chi connectivity index (χ0n) is 10.9. The highest BCUT2D eigenvalue weighted by Gasteiger charge is 2.24. The van der Waals surface area contributed by atoms with Crippen LogP contribution in [0.25, 0.3) is 0 Å². The molecule has 0 bridgehead atoms. The normalized spacial score (nSPS) is 23.7. The first-order valence-corrected chi connectivity index (χ1v) is 6.66. The van der Waals surface area contributed by atoms with E-state index < -0.39 is 0 Å². The predicted molar refractivity (Wildman–Crippen MR) is 74.0 cm³/mol. The molecule has 1 aromatic carbocycles. The molecule has 0 spiro atoms. The van der Waals surface area contributed by atoms with Crippen molar-refractivity contribution in [3.05, 3.63) is 35.4 Å². The molecule has 2 rings (SSSR count). The van der Waals surface area contributed by atoms with Crippen molar-refractivity contribution in [2.75, 3.05) is 6.54 Å². The highest BCUT2D eigenvalue weighted by atomic mass is 16.4. The highest BCUT2D eigenvalue weighted by molar-refractivity contribution is 5.97. The van der Waals surface area contributed by atoms with Crippen LogP contribution in [-0.4, -0.2) is 28.8 Å². The minimum atomic E-state index is -0.156. The van der Waals surface area contributed by atoms with Gasteiger partial charge in [0.05, 0.1) is 6.10 Å². The molecular formula is C14H21N3O2. The standard InChI is InChI=1S/C14H21N3O2/c15-14(17-19)11-4-1-3-10(7-11)8-16-9-12-5-2-6-13(12)18/h1,3-4,7,12-13,16,18-19H,2,5-6,8-9H2,(H2,15,17). The van der Waals surface area contributed by atoms with Crippen molar-refractivity contribution >= 4 is 5.84 Å². The number of rotatable bonds is 5. The van der Waals surface area contributed by atoms with Gasteiger partial charge in [-0.2, -0.15) is 0 Å². The van der Waals surface area contributed by atoms with E-state index >= 15 is 0 Å². The molecule has 1 aliphatic rings. The van der Waals surface area contributed by atoms with Crippen LogP contribution in [0.5, 0.6) is 0 Å². The van der Waals surface area contributed by atoms with Crippen LogP contribution in [0.3, 0.4) is 0 Å². The first-order valence-electron chi connectivity index (χ1n) is 6.66. The van der Waals surface area contributed by atoms with Crippen molar-refractivity contribution < 1.29 is 10.3 Å². The minimum Gasteiger partial charge on any atom is -0.409 e. The molecule has 19 heavy (non-hydrogen) atoms. The van der Waals surface area contributed by atoms with E-state index in [0.29, 0.717) is 11.5 Å². The van der Waals surface area contributed by atoms with Crippen molar-refractivity contribution in [1.29, 1.82) is 0 Å². The Morgan fingerprint density at radius 2 is 2.26 bits per heavy atom. The van der Waals surface area contributed by atoms with Crippen LogP contribution in [0.4, 0.5) is 0 Å². The molecular weight excluding hydrogens is 242 g/mol. The molecule has 1 aliphatic carbocycles. The number of amidine groups is 1. The number of aliphatic hydroxyl groups is 1. The SMILES string of the molecule is NC(=NO)c1cccc(CNCC2CCCC2O)c1. The quantitative estimate of drug-likeness (QED) is 0.276. The summed E-state index contributed by atoms with van der Waals surface area (Å²) < 4.78 is 0. The predicted octanol–water partition coefficient (Wildman–Crippen LogP) is 1.03. The molecule has 0 aliphatic heterocycles. The summed E-state index contributed by atoms with van der Waals surface area (Å²) in [4.78, 5) is 0. The zero-order chi connectivity index (χ0) is 13.7. The third-order valence-corrected chi connectivity index (χ3v) is 3.69. The van der Waals surface area contributed by atoms with E-state index in [1.165, 1.54) is 0 Å². The lowest BCUT2D eigenvalue weighted by atomic mass is 10.1. The number of nitrogens with one attached hydrogen (secondary N) is 1. The molecule has 0 aromatic heterocycles. The van der Waals surface area contributed by atoms with Gasteiger partial charge in [0, 0.05) is 18.7 Å². The van der Waals surface area contributed by atoms with Gasteiger partial charge in [-0.3, -0.25) is 0 Å². The summed E-state index contributed by atoms with van der Waals surface area (Å²) in [7, 11) is 0. The van der Waals surface area contributed by atoms with E-state index in [-0.39, 0.29) is 11.9 Å². The van der Waals surface area contributed by atoms with Crippen LogP contribution >= 0.6 is 0 Å². The van der Waals surface area contributed by atoms with Crippen LogP contribution in [0.1, 0.15) is 30.4 Å². The van der Waals surface area contributed by atoms with Crippen molar-refractivity contribution in [1.82, 2.24) is 5.32 Å². The summed E-state index contributed by atoms with van der Waals surface area (Å²) in [6.07, 6.45) is 2.98. The number of hydrogen-bond donors (Lipinski definition) is 4. The average Bonchev–Trinajstić information content (AvgIpc) is 2.84. The van der Waals surface area contributed by atoms with Gasteiger partial charge in [-0.1, -0.05) is 29.8 Å². The number of oxime groups is 1. The number of nitrogens with two attached hydrogens (primary N) is 1. The van der Waals surface area contributed by atoms with Crippen molar-refractivity contribution in [2.45, 2.75) is 31.9 Å². The van der Waals surface area contributed by atoms with Crippen molar-refractivity contribution in [3.8, 4) is 0 Å². The summed E-state index contributed by atoms with van der Waals surface area (Å²) in [6.45, 7) is 1.55. The molecule has 5 nitrogen and oxygen atoms in total. The third kappa shape index (κ3) is 3.68. The molecule has 2 unspecified atom stereocenters. The second-order valence-electron chi connectivity index (χ2n) is 5.07. The Balaban J connectivity index is 1.86. The Morgan fingerprint density at radius 1 is 1.42 bits per heavy atom. The van der Waals surface area contributed by atoms with E-state index in [1.807, 2.05) is 18.2 Å². The molecule has 2 atom stereocenters. The molecule has 1 saturated carbocycles. The van der Waals surface area contributed by atoms with Gasteiger partial charge in [-0.05, 0) is 30.4 Å². The van der Waals surface area contributed by atoms with E-state index in [4.69, 9.17) is 10.9 Å². The molecule has 5 heteroatoms. The first kappa shape index (κ1) is 13.8. The van der Waals surface area contributed by atoms with Gasteiger partial charge in [0.15, 0.2) is 5.84 Å². The molecule has 5 N–H and O–H groups in total. The first-order chi connectivity index (χ1) is 9.20. The Kier molecular flexibility index (Phi) is 4.76. The topological polar surface area (TPSA) is 90.9 Å². The van der Waals surface area contributed by atoms with Crippen LogP contribution < -0.4 is 11.1 Å². The van der Waals surface area contributed by atoms with Crippen LogP contribution in [0.2, 0.25) is 0 Å². The van der Waals surface area contributed by atoms with E-state index in [9.17, 15) is 5.11 Å². The van der Waals surface area contributed by atoms with Crippen molar-refractivity contribution in [3.63, 3.8) is 0 Å². The molecule has 1 aromatic rings. The Hall–Kier alpha value is -1.59. The number of aliphatic hydroxyl groups excluding tert-OH is 1. The van der Waals surface area contributed by atoms with Crippen LogP contribution in [-0.2, 0) is 6.54 Å². The Bertz CT molecular complexity index is 448. The second-order valence-corrected chi connectivity index (χ2v) is 5.07. The Morgan fingerprint density at radius 3 is 2.95 bits per heavy atom. The van der Waals surface area contributed by atoms with E-state index in [0.717, 1.165) is 37.9 Å². The van der Waals surface area contributed by atoms with Gasteiger partial charge in [0.25, 0.3) is 0 Å². The maximum absolute atomic E-state index is 9.73. The lowest BCUT2D eigenvalue weighted by Gasteiger charge is -2.15. The summed E-state index contributed by atoms with van der Waals surface area (Å²) >= 11 is 0. The number of benzene rings is 1. The van der Waals surface area contributed by atoms with Gasteiger partial charge in [-0.15, -0.1) is 0 Å². The van der Waals surface area contributed by atoms with Crippen molar-refractivity contribution in [2.24, 2.45) is 16.8 Å². The smallest absolute Gasteiger partial charge is 0.170 e. The van der Waals surface area contributed by atoms with Crippen LogP contribution in [0, 0.1) is 5.92 Å². The van der Waals surface area contributed by atoms with Gasteiger partial charge in [0.1, 0.15) is 0 Å². The zero-order valence-corrected chi connectivity index (χ0v) is 10.9. The molecule has 0 radical (unpaired) electrons. The molecule has 0 saturated heterocycles. The van der Waals surface area contributed by atoms with E-state index in [2.05, 4.69) is 10.5 Å². The Labute approximate surface area is 113 Å². The largest absolute Gasteiger partial charge is 0.409 e. The number of hydrogen-bond acceptors (Lipinski definition) is 4. The fourth-order valence-corrected chi connectivity index (χ4v) is 2.56. The summed E-state index contributed by atoms with van der Waals surface area (Å²) in [6, 6.07) is 7.58. The maximum Gasteiger partial charge on any atom is 0.170 e.